The summed E-state index contributed by atoms with van der Waals surface area (Å²) in [6.07, 6.45) is 5.61. The second kappa shape index (κ2) is 3.95. The quantitative estimate of drug-likeness (QED) is 0.617. The SMILES string of the molecule is N[C@H]1CCN(C2CCCCC2O)C1. The molecule has 1 aliphatic heterocycles. The molecule has 3 heteroatoms. The molecule has 0 aromatic heterocycles. The molecule has 2 aliphatic rings. The van der Waals surface area contributed by atoms with Gasteiger partial charge in [-0.3, -0.25) is 4.90 Å². The predicted molar refractivity (Wildman–Crippen MR) is 52.4 cm³/mol. The Morgan fingerprint density at radius 1 is 1.15 bits per heavy atom. The van der Waals surface area contributed by atoms with Gasteiger partial charge >= 0.3 is 0 Å². The fourth-order valence-electron chi connectivity index (χ4n) is 2.63. The van der Waals surface area contributed by atoms with Gasteiger partial charge in [0.25, 0.3) is 0 Å². The Labute approximate surface area is 79.9 Å². The molecule has 1 saturated heterocycles. The van der Waals surface area contributed by atoms with Crippen LogP contribution in [0.25, 0.3) is 0 Å². The molecule has 76 valence electrons. The molecule has 3 atom stereocenters. The minimum Gasteiger partial charge on any atom is -0.391 e. The Hall–Kier alpha value is -0.120. The molecular formula is C10H20N2O. The van der Waals surface area contributed by atoms with E-state index in [0.717, 1.165) is 32.4 Å². The van der Waals surface area contributed by atoms with E-state index in [0.29, 0.717) is 12.1 Å². The van der Waals surface area contributed by atoms with Crippen molar-refractivity contribution in [3.05, 3.63) is 0 Å². The van der Waals surface area contributed by atoms with Crippen LogP contribution < -0.4 is 5.73 Å². The van der Waals surface area contributed by atoms with E-state index in [1.807, 2.05) is 0 Å². The topological polar surface area (TPSA) is 49.5 Å². The van der Waals surface area contributed by atoms with Crippen molar-refractivity contribution < 1.29 is 5.11 Å². The maximum absolute atomic E-state index is 9.83. The lowest BCUT2D eigenvalue weighted by Gasteiger charge is -2.35. The first-order valence-electron chi connectivity index (χ1n) is 5.45. The van der Waals surface area contributed by atoms with E-state index < -0.39 is 0 Å². The smallest absolute Gasteiger partial charge is 0.0695 e. The van der Waals surface area contributed by atoms with Gasteiger partial charge in [0.2, 0.25) is 0 Å². The van der Waals surface area contributed by atoms with Crippen LogP contribution in [0.2, 0.25) is 0 Å². The second-order valence-corrected chi connectivity index (χ2v) is 4.46. The number of hydrogen-bond donors (Lipinski definition) is 2. The van der Waals surface area contributed by atoms with Gasteiger partial charge < -0.3 is 10.8 Å². The highest BCUT2D eigenvalue weighted by atomic mass is 16.3. The first kappa shape index (κ1) is 9.44. The third-order valence-electron chi connectivity index (χ3n) is 3.42. The number of hydrogen-bond acceptors (Lipinski definition) is 3. The molecule has 0 spiro atoms. The summed E-state index contributed by atoms with van der Waals surface area (Å²) in [6, 6.07) is 0.747. The Balaban J connectivity index is 1.91. The van der Waals surface area contributed by atoms with Crippen LogP contribution in [0.4, 0.5) is 0 Å². The maximum Gasteiger partial charge on any atom is 0.0695 e. The molecule has 3 N–H and O–H groups in total. The van der Waals surface area contributed by atoms with E-state index >= 15 is 0 Å². The van der Waals surface area contributed by atoms with Gasteiger partial charge in [-0.1, -0.05) is 12.8 Å². The zero-order valence-electron chi connectivity index (χ0n) is 8.15. The third-order valence-corrected chi connectivity index (χ3v) is 3.42. The Morgan fingerprint density at radius 3 is 2.54 bits per heavy atom. The molecule has 1 aliphatic carbocycles. The number of nitrogens with two attached hydrogens (primary N) is 1. The normalized spacial score (nSPS) is 42.5. The van der Waals surface area contributed by atoms with Crippen LogP contribution >= 0.6 is 0 Å². The van der Waals surface area contributed by atoms with Gasteiger partial charge in [0.15, 0.2) is 0 Å². The highest BCUT2D eigenvalue weighted by Crippen LogP contribution is 2.25. The molecule has 0 aromatic rings. The first-order valence-corrected chi connectivity index (χ1v) is 5.45. The minimum atomic E-state index is -0.0981. The van der Waals surface area contributed by atoms with Crippen LogP contribution in [0.1, 0.15) is 32.1 Å². The van der Waals surface area contributed by atoms with Gasteiger partial charge in [-0.15, -0.1) is 0 Å². The van der Waals surface area contributed by atoms with E-state index in [9.17, 15) is 5.11 Å². The van der Waals surface area contributed by atoms with Crippen molar-refractivity contribution in [3.8, 4) is 0 Å². The predicted octanol–water partition coefficient (Wildman–Crippen LogP) is 0.323. The summed E-state index contributed by atoms with van der Waals surface area (Å²) in [5.74, 6) is 0. The van der Waals surface area contributed by atoms with Crippen molar-refractivity contribution >= 4 is 0 Å². The molecule has 2 rings (SSSR count). The lowest BCUT2D eigenvalue weighted by Crippen LogP contribution is -2.45. The van der Waals surface area contributed by atoms with Crippen LogP contribution in [0, 0.1) is 0 Å². The molecule has 1 heterocycles. The van der Waals surface area contributed by atoms with E-state index in [2.05, 4.69) is 4.90 Å². The average Bonchev–Trinajstić information content (AvgIpc) is 2.53. The highest BCUT2D eigenvalue weighted by molar-refractivity contribution is 4.88. The third kappa shape index (κ3) is 2.03. The molecule has 13 heavy (non-hydrogen) atoms. The zero-order valence-corrected chi connectivity index (χ0v) is 8.15. The van der Waals surface area contributed by atoms with E-state index in [1.54, 1.807) is 0 Å². The summed E-state index contributed by atoms with van der Waals surface area (Å²) in [6.45, 7) is 2.07. The summed E-state index contributed by atoms with van der Waals surface area (Å²) in [4.78, 5) is 2.38. The largest absolute Gasteiger partial charge is 0.391 e. The van der Waals surface area contributed by atoms with E-state index in [-0.39, 0.29) is 6.10 Å². The van der Waals surface area contributed by atoms with Crippen LogP contribution in [0.15, 0.2) is 0 Å². The first-order chi connectivity index (χ1) is 6.27. The van der Waals surface area contributed by atoms with Crippen LogP contribution in [-0.2, 0) is 0 Å². The number of nitrogens with zero attached hydrogens (tertiary/aromatic N) is 1. The van der Waals surface area contributed by atoms with E-state index in [1.165, 1.54) is 12.8 Å². The van der Waals surface area contributed by atoms with Gasteiger partial charge in [0, 0.05) is 25.2 Å². The fourth-order valence-corrected chi connectivity index (χ4v) is 2.63. The fraction of sp³-hybridized carbons (Fsp3) is 1.00. The number of aliphatic hydroxyl groups is 1. The molecular weight excluding hydrogens is 164 g/mol. The van der Waals surface area contributed by atoms with Gasteiger partial charge in [0.05, 0.1) is 6.10 Å². The van der Waals surface area contributed by atoms with Gasteiger partial charge in [-0.2, -0.15) is 0 Å². The second-order valence-electron chi connectivity index (χ2n) is 4.46. The van der Waals surface area contributed by atoms with Gasteiger partial charge in [0.1, 0.15) is 0 Å². The standard InChI is InChI=1S/C10H20N2O/c11-8-5-6-12(7-8)9-3-1-2-4-10(9)13/h8-10,13H,1-7,11H2/t8-,9?,10?/m0/s1. The number of aliphatic hydroxyl groups excluding tert-OH is 1. The molecule has 2 fully saturated rings. The van der Waals surface area contributed by atoms with Crippen molar-refractivity contribution in [2.75, 3.05) is 13.1 Å². The minimum absolute atomic E-state index is 0.0981. The summed E-state index contributed by atoms with van der Waals surface area (Å²) >= 11 is 0. The summed E-state index contributed by atoms with van der Waals surface area (Å²) in [5.41, 5.74) is 5.85. The van der Waals surface area contributed by atoms with Crippen LogP contribution in [0.5, 0.6) is 0 Å². The number of rotatable bonds is 1. The Morgan fingerprint density at radius 2 is 1.92 bits per heavy atom. The van der Waals surface area contributed by atoms with Crippen molar-refractivity contribution in [3.63, 3.8) is 0 Å². The van der Waals surface area contributed by atoms with Gasteiger partial charge in [-0.25, -0.2) is 0 Å². The lowest BCUT2D eigenvalue weighted by atomic mass is 9.91. The van der Waals surface area contributed by atoms with Crippen molar-refractivity contribution in [1.82, 2.24) is 4.90 Å². The molecule has 3 nitrogen and oxygen atoms in total. The van der Waals surface area contributed by atoms with Crippen LogP contribution in [0.3, 0.4) is 0 Å². The summed E-state index contributed by atoms with van der Waals surface area (Å²) in [7, 11) is 0. The summed E-state index contributed by atoms with van der Waals surface area (Å²) < 4.78 is 0. The molecule has 0 radical (unpaired) electrons. The van der Waals surface area contributed by atoms with Crippen molar-refractivity contribution in [1.29, 1.82) is 0 Å². The lowest BCUT2D eigenvalue weighted by molar-refractivity contribution is 0.0306. The Kier molecular flexibility index (Phi) is 2.86. The molecule has 0 aromatic carbocycles. The average molecular weight is 184 g/mol. The van der Waals surface area contributed by atoms with E-state index in [4.69, 9.17) is 5.73 Å². The Bertz CT molecular complexity index is 174. The van der Waals surface area contributed by atoms with Gasteiger partial charge in [-0.05, 0) is 19.3 Å². The maximum atomic E-state index is 9.83. The monoisotopic (exact) mass is 184 g/mol. The molecule has 1 saturated carbocycles. The highest BCUT2D eigenvalue weighted by Gasteiger charge is 2.32. The van der Waals surface area contributed by atoms with Crippen molar-refractivity contribution in [2.24, 2.45) is 5.73 Å². The molecule has 2 unspecified atom stereocenters. The molecule has 0 bridgehead atoms. The summed E-state index contributed by atoms with van der Waals surface area (Å²) in [5, 5.41) is 9.83. The zero-order chi connectivity index (χ0) is 9.26. The van der Waals surface area contributed by atoms with Crippen molar-refractivity contribution in [2.45, 2.75) is 50.3 Å². The van der Waals surface area contributed by atoms with Crippen LogP contribution in [-0.4, -0.2) is 41.3 Å². The molecule has 0 amide bonds. The number of likely N-dealkylation sites (tertiary alicyclic amines) is 1.